The Hall–Kier alpha value is -1.55. The first kappa shape index (κ1) is 19.2. The predicted molar refractivity (Wildman–Crippen MR) is 106 cm³/mol. The number of benzene rings is 2. The zero-order valence-corrected chi connectivity index (χ0v) is 16.4. The summed E-state index contributed by atoms with van der Waals surface area (Å²) in [5, 5.41) is 0.430. The van der Waals surface area contributed by atoms with Gasteiger partial charge in [0.25, 0.3) is 5.91 Å². The van der Waals surface area contributed by atoms with Gasteiger partial charge in [0.15, 0.2) is 5.17 Å². The predicted octanol–water partition coefficient (Wildman–Crippen LogP) is 5.58. The number of rotatable bonds is 2. The summed E-state index contributed by atoms with van der Waals surface area (Å²) in [6.07, 6.45) is -3.62. The minimum Gasteiger partial charge on any atom is -0.287 e. The Morgan fingerprint density at radius 3 is 2.65 bits per heavy atom. The van der Waals surface area contributed by atoms with Crippen LogP contribution in [0.2, 0.25) is 0 Å². The van der Waals surface area contributed by atoms with Crippen molar-refractivity contribution < 1.29 is 18.0 Å². The number of nitrogens with zero attached hydrogens (tertiary/aromatic N) is 2. The van der Waals surface area contributed by atoms with Crippen LogP contribution in [0.3, 0.4) is 0 Å². The number of aliphatic imine (C=N–C) groups is 1. The van der Waals surface area contributed by atoms with Crippen molar-refractivity contribution in [2.24, 2.45) is 4.99 Å². The molecule has 0 unspecified atom stereocenters. The van der Waals surface area contributed by atoms with E-state index < -0.39 is 11.7 Å². The van der Waals surface area contributed by atoms with Gasteiger partial charge in [-0.25, -0.2) is 4.99 Å². The second-order valence-electron chi connectivity index (χ2n) is 5.61. The van der Waals surface area contributed by atoms with E-state index in [0.29, 0.717) is 17.3 Å². The van der Waals surface area contributed by atoms with Gasteiger partial charge < -0.3 is 0 Å². The lowest BCUT2D eigenvalue weighted by atomic mass is 10.2. The molecular formula is C18H14F3IN2OS. The molecule has 2 aromatic rings. The summed E-state index contributed by atoms with van der Waals surface area (Å²) in [5.74, 6) is 0.579. The summed E-state index contributed by atoms with van der Waals surface area (Å²) in [4.78, 5) is 18.7. The van der Waals surface area contributed by atoms with E-state index in [-0.39, 0.29) is 11.6 Å². The Labute approximate surface area is 166 Å². The van der Waals surface area contributed by atoms with Crippen LogP contribution in [0, 0.1) is 3.57 Å². The largest absolute Gasteiger partial charge is 0.416 e. The number of amides is 1. The molecule has 1 aliphatic rings. The third kappa shape index (κ3) is 4.59. The number of alkyl halides is 3. The molecule has 2 aromatic carbocycles. The second-order valence-corrected chi connectivity index (χ2v) is 7.92. The summed E-state index contributed by atoms with van der Waals surface area (Å²) < 4.78 is 39.6. The van der Waals surface area contributed by atoms with Gasteiger partial charge in [0, 0.05) is 21.4 Å². The minimum absolute atomic E-state index is 0.185. The molecule has 0 atom stereocenters. The highest BCUT2D eigenvalue weighted by Crippen LogP contribution is 2.32. The Bertz CT molecular complexity index is 854. The monoisotopic (exact) mass is 490 g/mol. The summed E-state index contributed by atoms with van der Waals surface area (Å²) in [7, 11) is 0. The molecule has 136 valence electrons. The van der Waals surface area contributed by atoms with Crippen LogP contribution in [0.1, 0.15) is 22.3 Å². The van der Waals surface area contributed by atoms with Gasteiger partial charge in [0.05, 0.1) is 11.3 Å². The number of amidine groups is 1. The molecule has 0 spiro atoms. The Balaban J connectivity index is 1.92. The van der Waals surface area contributed by atoms with E-state index in [4.69, 9.17) is 0 Å². The molecule has 3 rings (SSSR count). The van der Waals surface area contributed by atoms with E-state index in [1.54, 1.807) is 23.1 Å². The van der Waals surface area contributed by atoms with E-state index in [9.17, 15) is 18.0 Å². The van der Waals surface area contributed by atoms with Crippen molar-refractivity contribution in [1.82, 2.24) is 4.90 Å². The number of hydrogen-bond acceptors (Lipinski definition) is 3. The zero-order chi connectivity index (χ0) is 18.7. The van der Waals surface area contributed by atoms with Crippen LogP contribution in [0.4, 0.5) is 18.9 Å². The molecular weight excluding hydrogens is 476 g/mol. The highest BCUT2D eigenvalue weighted by atomic mass is 127. The summed E-state index contributed by atoms with van der Waals surface area (Å²) >= 11 is 3.51. The molecule has 1 aliphatic heterocycles. The van der Waals surface area contributed by atoms with E-state index in [2.05, 4.69) is 27.6 Å². The number of hydrogen-bond donors (Lipinski definition) is 0. The smallest absolute Gasteiger partial charge is 0.287 e. The first-order valence-corrected chi connectivity index (χ1v) is 9.87. The number of carbonyl (C=O) groups is 1. The maximum Gasteiger partial charge on any atom is 0.416 e. The number of halogens is 4. The normalized spacial score (nSPS) is 16.8. The van der Waals surface area contributed by atoms with Gasteiger partial charge in [-0.15, -0.1) is 0 Å². The molecule has 3 nitrogen and oxygen atoms in total. The highest BCUT2D eigenvalue weighted by Gasteiger charge is 2.31. The molecule has 0 saturated carbocycles. The molecule has 0 aliphatic carbocycles. The van der Waals surface area contributed by atoms with Crippen LogP contribution in [0.15, 0.2) is 53.5 Å². The Morgan fingerprint density at radius 1 is 1.15 bits per heavy atom. The van der Waals surface area contributed by atoms with Crippen LogP contribution < -0.4 is 0 Å². The van der Waals surface area contributed by atoms with Crippen molar-refractivity contribution in [3.05, 3.63) is 63.2 Å². The van der Waals surface area contributed by atoms with Gasteiger partial charge in [-0.3, -0.25) is 9.69 Å². The molecule has 0 aromatic heterocycles. The average molecular weight is 490 g/mol. The van der Waals surface area contributed by atoms with Crippen molar-refractivity contribution in [2.75, 3.05) is 12.3 Å². The van der Waals surface area contributed by atoms with Crippen molar-refractivity contribution in [3.63, 3.8) is 0 Å². The van der Waals surface area contributed by atoms with Crippen LogP contribution in [0.5, 0.6) is 0 Å². The fourth-order valence-corrected chi connectivity index (χ4v) is 3.98. The average Bonchev–Trinajstić information content (AvgIpc) is 2.61. The van der Waals surface area contributed by atoms with Crippen LogP contribution in [-0.2, 0) is 6.18 Å². The summed E-state index contributed by atoms with van der Waals surface area (Å²) in [6.45, 7) is 0.495. The molecule has 1 saturated heterocycles. The maximum atomic E-state index is 12.9. The standard InChI is InChI=1S/C18H14F3IN2OS/c19-18(20,21)13-5-2-7-15(11-13)23-17-24(8-3-9-26-17)16(25)12-4-1-6-14(22)10-12/h1-2,4-7,10-11H,3,8-9H2. The van der Waals surface area contributed by atoms with Crippen LogP contribution >= 0.6 is 34.4 Å². The SMILES string of the molecule is O=C(c1cccc(I)c1)N1CCCSC1=Nc1cccc(C(F)(F)F)c1. The highest BCUT2D eigenvalue weighted by molar-refractivity contribution is 14.1. The van der Waals surface area contributed by atoms with E-state index in [1.807, 2.05) is 6.07 Å². The molecule has 0 radical (unpaired) electrons. The molecule has 0 bridgehead atoms. The van der Waals surface area contributed by atoms with Crippen LogP contribution in [0.25, 0.3) is 0 Å². The Kier molecular flexibility index (Phi) is 5.91. The Morgan fingerprint density at radius 2 is 1.92 bits per heavy atom. The van der Waals surface area contributed by atoms with E-state index >= 15 is 0 Å². The van der Waals surface area contributed by atoms with Gasteiger partial charge in [-0.05, 0) is 65.4 Å². The molecule has 1 amide bonds. The van der Waals surface area contributed by atoms with E-state index in [1.165, 1.54) is 23.9 Å². The molecule has 1 heterocycles. The lowest BCUT2D eigenvalue weighted by Crippen LogP contribution is -2.39. The molecule has 8 heteroatoms. The van der Waals surface area contributed by atoms with Crippen LogP contribution in [-0.4, -0.2) is 28.3 Å². The molecule has 0 N–H and O–H groups in total. The third-order valence-corrected chi connectivity index (χ3v) is 5.44. The van der Waals surface area contributed by atoms with Gasteiger partial charge in [0.1, 0.15) is 0 Å². The van der Waals surface area contributed by atoms with Gasteiger partial charge in [-0.2, -0.15) is 13.2 Å². The van der Waals surface area contributed by atoms with Crippen molar-refractivity contribution >= 4 is 51.1 Å². The summed E-state index contributed by atoms with van der Waals surface area (Å²) in [5.41, 5.74) is -0.0311. The maximum absolute atomic E-state index is 12.9. The third-order valence-electron chi connectivity index (χ3n) is 3.70. The lowest BCUT2D eigenvalue weighted by molar-refractivity contribution is -0.137. The lowest BCUT2D eigenvalue weighted by Gasteiger charge is -2.28. The number of thioether (sulfide) groups is 1. The first-order valence-electron chi connectivity index (χ1n) is 7.81. The number of carbonyl (C=O) groups excluding carboxylic acids is 1. The molecule has 26 heavy (non-hydrogen) atoms. The van der Waals surface area contributed by atoms with Gasteiger partial charge in [0.2, 0.25) is 0 Å². The fourth-order valence-electron chi connectivity index (χ4n) is 2.48. The van der Waals surface area contributed by atoms with Gasteiger partial charge >= 0.3 is 6.18 Å². The second kappa shape index (κ2) is 7.99. The first-order chi connectivity index (χ1) is 12.3. The van der Waals surface area contributed by atoms with Crippen molar-refractivity contribution in [3.8, 4) is 0 Å². The fraction of sp³-hybridized carbons (Fsp3) is 0.222. The van der Waals surface area contributed by atoms with Crippen molar-refractivity contribution in [2.45, 2.75) is 12.6 Å². The quantitative estimate of drug-likeness (QED) is 0.516. The molecule has 1 fully saturated rings. The minimum atomic E-state index is -4.42. The van der Waals surface area contributed by atoms with Crippen molar-refractivity contribution in [1.29, 1.82) is 0 Å². The zero-order valence-electron chi connectivity index (χ0n) is 13.5. The topological polar surface area (TPSA) is 32.7 Å². The summed E-state index contributed by atoms with van der Waals surface area (Å²) in [6, 6.07) is 12.0. The van der Waals surface area contributed by atoms with Gasteiger partial charge in [-0.1, -0.05) is 23.9 Å². The van der Waals surface area contributed by atoms with E-state index in [0.717, 1.165) is 27.9 Å².